The number of alkyl carbamates (subject to hydrolysis) is 1. The molecule has 1 aromatic carbocycles. The molecule has 0 saturated carbocycles. The Morgan fingerprint density at radius 3 is 2.59 bits per heavy atom. The zero-order chi connectivity index (χ0) is 21.6. The first kappa shape index (κ1) is 22.7. The van der Waals surface area contributed by atoms with E-state index in [2.05, 4.69) is 5.32 Å². The summed E-state index contributed by atoms with van der Waals surface area (Å²) in [5, 5.41) is 2.72. The maximum atomic E-state index is 12.6. The van der Waals surface area contributed by atoms with Crippen LogP contribution in [0.25, 0.3) is 0 Å². The van der Waals surface area contributed by atoms with Crippen LogP contribution in [0.2, 0.25) is 0 Å². The lowest BCUT2D eigenvalue weighted by atomic mass is 10.1. The number of aryl methyl sites for hydroxylation is 1. The third-order valence-electron chi connectivity index (χ3n) is 4.58. The van der Waals surface area contributed by atoms with Crippen LogP contribution in [0.15, 0.2) is 24.3 Å². The maximum Gasteiger partial charge on any atom is 0.407 e. The van der Waals surface area contributed by atoms with E-state index < -0.39 is 23.7 Å². The molecule has 0 bridgehead atoms. The van der Waals surface area contributed by atoms with Gasteiger partial charge in [-0.3, -0.25) is 4.79 Å². The molecule has 0 radical (unpaired) electrons. The fourth-order valence-electron chi connectivity index (χ4n) is 3.28. The molecule has 1 saturated heterocycles. The third-order valence-corrected chi connectivity index (χ3v) is 4.58. The molecule has 1 aliphatic heterocycles. The number of hydrogen-bond acceptors (Lipinski definition) is 6. The lowest BCUT2D eigenvalue weighted by Gasteiger charge is -2.22. The number of nitrogens with two attached hydrogens (primary N) is 1. The van der Waals surface area contributed by atoms with E-state index in [-0.39, 0.29) is 18.4 Å². The number of ether oxygens (including phenoxy) is 2. The third kappa shape index (κ3) is 7.05. The zero-order valence-corrected chi connectivity index (χ0v) is 17.6. The van der Waals surface area contributed by atoms with Gasteiger partial charge in [0.1, 0.15) is 11.6 Å². The van der Waals surface area contributed by atoms with Crippen molar-refractivity contribution in [3.05, 3.63) is 35.4 Å². The number of hydrogen-bond donors (Lipinski definition) is 2. The Balaban J connectivity index is 1.89. The normalized spacial score (nSPS) is 19.0. The average molecular weight is 405 g/mol. The van der Waals surface area contributed by atoms with E-state index in [9.17, 15) is 14.4 Å². The van der Waals surface area contributed by atoms with Crippen molar-refractivity contribution in [3.8, 4) is 0 Å². The van der Waals surface area contributed by atoms with Gasteiger partial charge in [0.2, 0.25) is 5.91 Å². The molecule has 2 atom stereocenters. The van der Waals surface area contributed by atoms with Crippen molar-refractivity contribution >= 4 is 18.0 Å². The number of rotatable bonds is 6. The van der Waals surface area contributed by atoms with Gasteiger partial charge in [-0.25, -0.2) is 9.59 Å². The monoisotopic (exact) mass is 405 g/mol. The van der Waals surface area contributed by atoms with Crippen LogP contribution in [-0.2, 0) is 32.0 Å². The molecule has 0 spiro atoms. The summed E-state index contributed by atoms with van der Waals surface area (Å²) in [6.45, 7) is 6.12. The van der Waals surface area contributed by atoms with Crippen molar-refractivity contribution in [2.45, 2.75) is 64.3 Å². The van der Waals surface area contributed by atoms with Crippen molar-refractivity contribution in [1.82, 2.24) is 10.2 Å². The Morgan fingerprint density at radius 1 is 1.24 bits per heavy atom. The van der Waals surface area contributed by atoms with Crippen LogP contribution >= 0.6 is 0 Å². The molecule has 29 heavy (non-hydrogen) atoms. The number of benzene rings is 1. The van der Waals surface area contributed by atoms with Crippen molar-refractivity contribution < 1.29 is 23.9 Å². The van der Waals surface area contributed by atoms with E-state index >= 15 is 0 Å². The Morgan fingerprint density at radius 2 is 1.93 bits per heavy atom. The number of nitrogens with one attached hydrogen (secondary N) is 1. The van der Waals surface area contributed by atoms with E-state index in [0.717, 1.165) is 11.1 Å². The predicted molar refractivity (Wildman–Crippen MR) is 108 cm³/mol. The van der Waals surface area contributed by atoms with E-state index in [4.69, 9.17) is 15.2 Å². The highest BCUT2D eigenvalue weighted by atomic mass is 16.6. The predicted octanol–water partition coefficient (Wildman–Crippen LogP) is 1.75. The summed E-state index contributed by atoms with van der Waals surface area (Å²) in [4.78, 5) is 37.8. The first-order valence-electron chi connectivity index (χ1n) is 9.76. The largest absolute Gasteiger partial charge is 0.467 e. The van der Waals surface area contributed by atoms with Crippen LogP contribution in [0, 0.1) is 0 Å². The Bertz CT molecular complexity index is 744. The highest BCUT2D eigenvalue weighted by Crippen LogP contribution is 2.20. The lowest BCUT2D eigenvalue weighted by molar-refractivity contribution is -0.150. The quantitative estimate of drug-likeness (QED) is 0.698. The topological polar surface area (TPSA) is 111 Å². The number of esters is 1. The molecule has 2 rings (SSSR count). The van der Waals surface area contributed by atoms with Crippen molar-refractivity contribution in [1.29, 1.82) is 0 Å². The molecule has 0 aromatic heterocycles. The number of carbonyl (C=O) groups excluding carboxylic acids is 3. The second-order valence-corrected chi connectivity index (χ2v) is 8.26. The minimum absolute atomic E-state index is 0.120. The zero-order valence-electron chi connectivity index (χ0n) is 17.6. The molecule has 1 heterocycles. The van der Waals surface area contributed by atoms with E-state index in [1.165, 1.54) is 12.0 Å². The summed E-state index contributed by atoms with van der Waals surface area (Å²) in [5.41, 5.74) is 7.26. The molecule has 1 fully saturated rings. The summed E-state index contributed by atoms with van der Waals surface area (Å²) in [6, 6.07) is 6.83. The number of carbonyl (C=O) groups is 3. The summed E-state index contributed by atoms with van der Waals surface area (Å²) < 4.78 is 10.0. The van der Waals surface area contributed by atoms with Gasteiger partial charge in [0, 0.05) is 25.6 Å². The summed E-state index contributed by atoms with van der Waals surface area (Å²) >= 11 is 0. The molecule has 0 aliphatic carbocycles. The Kier molecular flexibility index (Phi) is 7.61. The fourth-order valence-corrected chi connectivity index (χ4v) is 3.28. The highest BCUT2D eigenvalue weighted by molar-refractivity contribution is 5.85. The van der Waals surface area contributed by atoms with Crippen LogP contribution in [-0.4, -0.2) is 54.2 Å². The van der Waals surface area contributed by atoms with Gasteiger partial charge in [0.05, 0.1) is 7.11 Å². The van der Waals surface area contributed by atoms with Gasteiger partial charge in [-0.2, -0.15) is 0 Å². The molecular formula is C21H31N3O5. The van der Waals surface area contributed by atoms with Crippen LogP contribution in [0.5, 0.6) is 0 Å². The summed E-state index contributed by atoms with van der Waals surface area (Å²) in [6.07, 6.45) is 0.740. The van der Waals surface area contributed by atoms with Gasteiger partial charge in [0.15, 0.2) is 0 Å². The van der Waals surface area contributed by atoms with Crippen molar-refractivity contribution in [3.63, 3.8) is 0 Å². The van der Waals surface area contributed by atoms with Gasteiger partial charge in [-0.15, -0.1) is 0 Å². The first-order chi connectivity index (χ1) is 13.6. The van der Waals surface area contributed by atoms with Crippen LogP contribution < -0.4 is 11.1 Å². The lowest BCUT2D eigenvalue weighted by Crippen LogP contribution is -2.41. The van der Waals surface area contributed by atoms with Crippen LogP contribution in [0.4, 0.5) is 4.79 Å². The van der Waals surface area contributed by atoms with Gasteiger partial charge >= 0.3 is 12.1 Å². The van der Waals surface area contributed by atoms with E-state index in [0.29, 0.717) is 25.9 Å². The number of likely N-dealkylation sites (tertiary alicyclic amines) is 1. The molecular weight excluding hydrogens is 374 g/mol. The molecule has 1 aliphatic rings. The van der Waals surface area contributed by atoms with Crippen molar-refractivity contribution in [2.24, 2.45) is 5.73 Å². The SMILES string of the molecule is COC(=O)C1CC(N)CN1C(=O)CCc1cccc(CNC(=O)OC(C)(C)C)c1. The first-order valence-corrected chi connectivity index (χ1v) is 9.76. The van der Waals surface area contributed by atoms with Crippen LogP contribution in [0.1, 0.15) is 44.7 Å². The minimum Gasteiger partial charge on any atom is -0.467 e. The molecule has 2 amide bonds. The molecule has 160 valence electrons. The average Bonchev–Trinajstić information content (AvgIpc) is 3.04. The second kappa shape index (κ2) is 9.73. The van der Waals surface area contributed by atoms with Crippen LogP contribution in [0.3, 0.4) is 0 Å². The minimum atomic E-state index is -0.605. The molecule has 3 N–H and O–H groups in total. The summed E-state index contributed by atoms with van der Waals surface area (Å²) in [5.74, 6) is -0.549. The maximum absolute atomic E-state index is 12.6. The fraction of sp³-hybridized carbons (Fsp3) is 0.571. The Hall–Kier alpha value is -2.61. The number of amides is 2. The smallest absolute Gasteiger partial charge is 0.407 e. The van der Waals surface area contributed by atoms with Crippen molar-refractivity contribution in [2.75, 3.05) is 13.7 Å². The molecule has 2 unspecified atom stereocenters. The molecule has 1 aromatic rings. The van der Waals surface area contributed by atoms with Gasteiger partial charge < -0.3 is 25.4 Å². The second-order valence-electron chi connectivity index (χ2n) is 8.26. The number of nitrogens with zero attached hydrogens (tertiary/aromatic N) is 1. The standard InChI is InChI=1S/C21H31N3O5/c1-21(2,3)29-20(27)23-12-15-7-5-6-14(10-15)8-9-18(25)24-13-16(22)11-17(24)19(26)28-4/h5-7,10,16-17H,8-9,11-13,22H2,1-4H3,(H,23,27). The van der Waals surface area contributed by atoms with Gasteiger partial charge in [-0.05, 0) is 44.7 Å². The highest BCUT2D eigenvalue weighted by Gasteiger charge is 2.38. The van der Waals surface area contributed by atoms with Gasteiger partial charge in [0.25, 0.3) is 0 Å². The van der Waals surface area contributed by atoms with Gasteiger partial charge in [-0.1, -0.05) is 24.3 Å². The molecule has 8 heteroatoms. The van der Waals surface area contributed by atoms with E-state index in [1.54, 1.807) is 0 Å². The number of methoxy groups -OCH3 is 1. The summed E-state index contributed by atoms with van der Waals surface area (Å²) in [7, 11) is 1.31. The Labute approximate surface area is 171 Å². The van der Waals surface area contributed by atoms with E-state index in [1.807, 2.05) is 45.0 Å². The molecule has 8 nitrogen and oxygen atoms in total.